The van der Waals surface area contributed by atoms with E-state index in [1.807, 2.05) is 0 Å². The third kappa shape index (κ3) is 5.17. The van der Waals surface area contributed by atoms with Crippen LogP contribution in [0.1, 0.15) is 52.0 Å². The van der Waals surface area contributed by atoms with Gasteiger partial charge in [0.1, 0.15) is 11.9 Å². The predicted octanol–water partition coefficient (Wildman–Crippen LogP) is 3.55. The van der Waals surface area contributed by atoms with Gasteiger partial charge in [0.15, 0.2) is 0 Å². The molecule has 0 unspecified atom stereocenters. The number of hydrogen-bond acceptors (Lipinski definition) is 4. The summed E-state index contributed by atoms with van der Waals surface area (Å²) in [5.41, 5.74) is 6.85. The van der Waals surface area contributed by atoms with Gasteiger partial charge in [-0.3, -0.25) is 0 Å². The van der Waals surface area contributed by atoms with Crippen LogP contribution in [-0.4, -0.2) is 11.5 Å². The second-order valence-electron chi connectivity index (χ2n) is 5.75. The first kappa shape index (κ1) is 15.3. The Bertz CT molecular complexity index is 446. The van der Waals surface area contributed by atoms with E-state index in [2.05, 4.69) is 37.1 Å². The fraction of sp³-hybridized carbons (Fsp3) is 0.600. The number of hydrogen-bond donors (Lipinski definition) is 2. The first-order valence-corrected chi connectivity index (χ1v) is 6.88. The van der Waals surface area contributed by atoms with Gasteiger partial charge in [0.2, 0.25) is 0 Å². The van der Waals surface area contributed by atoms with E-state index >= 15 is 0 Å². The van der Waals surface area contributed by atoms with Crippen molar-refractivity contribution >= 4 is 11.5 Å². The summed E-state index contributed by atoms with van der Waals surface area (Å²) in [5, 5.41) is 12.3. The minimum atomic E-state index is 0.199. The summed E-state index contributed by atoms with van der Waals surface area (Å²) in [5.74, 6) is 0.625. The van der Waals surface area contributed by atoms with Crippen LogP contribution in [0.5, 0.6) is 0 Å². The molecular weight excluding hydrogens is 236 g/mol. The van der Waals surface area contributed by atoms with Crippen LogP contribution in [0, 0.1) is 16.7 Å². The number of nitrogens with zero attached hydrogens (tertiary/aromatic N) is 2. The molecule has 104 valence electrons. The number of rotatable bonds is 7. The van der Waals surface area contributed by atoms with Crippen molar-refractivity contribution in [3.05, 3.63) is 17.8 Å². The number of nitrogens with one attached hydrogen (secondary N) is 1. The van der Waals surface area contributed by atoms with Crippen molar-refractivity contribution < 1.29 is 0 Å². The summed E-state index contributed by atoms with van der Waals surface area (Å²) >= 11 is 0. The molecule has 1 heterocycles. The van der Waals surface area contributed by atoms with Gasteiger partial charge in [-0.25, -0.2) is 4.98 Å². The van der Waals surface area contributed by atoms with Crippen LogP contribution in [0.2, 0.25) is 0 Å². The monoisotopic (exact) mass is 260 g/mol. The van der Waals surface area contributed by atoms with Gasteiger partial charge in [-0.05, 0) is 17.9 Å². The van der Waals surface area contributed by atoms with Gasteiger partial charge in [-0.2, -0.15) is 5.26 Å². The van der Waals surface area contributed by atoms with Crippen LogP contribution >= 0.6 is 0 Å². The molecule has 0 bridgehead atoms. The van der Waals surface area contributed by atoms with E-state index in [-0.39, 0.29) is 5.41 Å². The molecule has 1 aromatic heterocycles. The van der Waals surface area contributed by atoms with Crippen LogP contribution in [0.4, 0.5) is 11.5 Å². The van der Waals surface area contributed by atoms with E-state index in [0.717, 1.165) is 6.54 Å². The molecule has 19 heavy (non-hydrogen) atoms. The predicted molar refractivity (Wildman–Crippen MR) is 79.8 cm³/mol. The van der Waals surface area contributed by atoms with Crippen molar-refractivity contribution in [3.63, 3.8) is 0 Å². The van der Waals surface area contributed by atoms with Crippen LogP contribution < -0.4 is 11.1 Å². The van der Waals surface area contributed by atoms with E-state index in [0.29, 0.717) is 17.1 Å². The molecule has 0 radical (unpaired) electrons. The molecule has 0 aromatic carbocycles. The van der Waals surface area contributed by atoms with Gasteiger partial charge in [0.25, 0.3) is 0 Å². The Kier molecular flexibility index (Phi) is 5.62. The maximum absolute atomic E-state index is 9.06. The standard InChI is InChI=1S/C15H24N4/c1-4-5-6-7-15(2,3)11-19-14-12(9-16)8-13(17)10-18-14/h8,10H,4-7,11,17H2,1-3H3,(H,18,19). The Hall–Kier alpha value is -1.76. The Labute approximate surface area is 116 Å². The Balaban J connectivity index is 2.59. The van der Waals surface area contributed by atoms with E-state index in [1.165, 1.54) is 25.7 Å². The Morgan fingerprint density at radius 3 is 2.79 bits per heavy atom. The Morgan fingerprint density at radius 1 is 1.42 bits per heavy atom. The van der Waals surface area contributed by atoms with Crippen LogP contribution in [0.15, 0.2) is 12.3 Å². The lowest BCUT2D eigenvalue weighted by Crippen LogP contribution is -2.23. The highest BCUT2D eigenvalue weighted by Gasteiger charge is 2.18. The van der Waals surface area contributed by atoms with Crippen molar-refractivity contribution in [3.8, 4) is 6.07 Å². The van der Waals surface area contributed by atoms with E-state index in [9.17, 15) is 0 Å². The maximum Gasteiger partial charge on any atom is 0.144 e. The molecule has 4 nitrogen and oxygen atoms in total. The summed E-state index contributed by atoms with van der Waals surface area (Å²) in [7, 11) is 0. The average Bonchev–Trinajstić information content (AvgIpc) is 2.37. The van der Waals surface area contributed by atoms with Gasteiger partial charge >= 0.3 is 0 Å². The zero-order chi connectivity index (χ0) is 14.3. The van der Waals surface area contributed by atoms with Crippen LogP contribution in [0.3, 0.4) is 0 Å². The minimum absolute atomic E-state index is 0.199. The molecule has 0 aliphatic carbocycles. The quantitative estimate of drug-likeness (QED) is 0.735. The number of nitrogen functional groups attached to an aromatic ring is 1. The SMILES string of the molecule is CCCCCC(C)(C)CNc1ncc(N)cc1C#N. The molecule has 0 spiro atoms. The zero-order valence-corrected chi connectivity index (χ0v) is 12.2. The molecule has 0 aliphatic heterocycles. The van der Waals surface area contributed by atoms with E-state index < -0.39 is 0 Å². The Morgan fingerprint density at radius 2 is 2.16 bits per heavy atom. The first-order chi connectivity index (χ1) is 8.98. The summed E-state index contributed by atoms with van der Waals surface area (Å²) in [4.78, 5) is 4.19. The lowest BCUT2D eigenvalue weighted by Gasteiger charge is -2.25. The van der Waals surface area contributed by atoms with Crippen molar-refractivity contribution in [2.24, 2.45) is 5.41 Å². The highest BCUT2D eigenvalue weighted by atomic mass is 15.0. The number of nitrogens with two attached hydrogens (primary N) is 1. The van der Waals surface area contributed by atoms with Gasteiger partial charge in [0, 0.05) is 6.54 Å². The van der Waals surface area contributed by atoms with Crippen molar-refractivity contribution in [2.45, 2.75) is 46.5 Å². The second-order valence-corrected chi connectivity index (χ2v) is 5.75. The third-order valence-electron chi connectivity index (χ3n) is 3.22. The smallest absolute Gasteiger partial charge is 0.144 e. The number of anilines is 2. The first-order valence-electron chi connectivity index (χ1n) is 6.88. The van der Waals surface area contributed by atoms with Crippen LogP contribution in [-0.2, 0) is 0 Å². The van der Waals surface area contributed by atoms with E-state index in [1.54, 1.807) is 12.3 Å². The molecule has 0 fully saturated rings. The van der Waals surface area contributed by atoms with Gasteiger partial charge < -0.3 is 11.1 Å². The van der Waals surface area contributed by atoms with Crippen molar-refractivity contribution in [2.75, 3.05) is 17.6 Å². The lowest BCUT2D eigenvalue weighted by molar-refractivity contribution is 0.342. The minimum Gasteiger partial charge on any atom is -0.397 e. The van der Waals surface area contributed by atoms with Gasteiger partial charge in [0.05, 0.1) is 17.4 Å². The van der Waals surface area contributed by atoms with Gasteiger partial charge in [-0.1, -0.05) is 40.0 Å². The zero-order valence-electron chi connectivity index (χ0n) is 12.2. The number of unbranched alkanes of at least 4 members (excludes halogenated alkanes) is 2. The average molecular weight is 260 g/mol. The maximum atomic E-state index is 9.06. The fourth-order valence-electron chi connectivity index (χ4n) is 1.97. The molecule has 0 saturated carbocycles. The number of aromatic nitrogens is 1. The molecule has 0 amide bonds. The molecule has 3 N–H and O–H groups in total. The second kappa shape index (κ2) is 6.98. The van der Waals surface area contributed by atoms with Gasteiger partial charge in [-0.15, -0.1) is 0 Å². The molecule has 4 heteroatoms. The summed E-state index contributed by atoms with van der Waals surface area (Å²) < 4.78 is 0. The topological polar surface area (TPSA) is 74.7 Å². The molecule has 0 atom stereocenters. The molecule has 0 saturated heterocycles. The summed E-state index contributed by atoms with van der Waals surface area (Å²) in [6.07, 6.45) is 6.50. The van der Waals surface area contributed by atoms with Crippen molar-refractivity contribution in [1.29, 1.82) is 5.26 Å². The van der Waals surface area contributed by atoms with Crippen LogP contribution in [0.25, 0.3) is 0 Å². The normalized spacial score (nSPS) is 11.1. The largest absolute Gasteiger partial charge is 0.397 e. The lowest BCUT2D eigenvalue weighted by atomic mass is 9.87. The summed E-state index contributed by atoms with van der Waals surface area (Å²) in [6, 6.07) is 3.77. The summed E-state index contributed by atoms with van der Waals surface area (Å²) in [6.45, 7) is 7.49. The molecule has 1 aromatic rings. The molecule has 0 aliphatic rings. The highest BCUT2D eigenvalue weighted by Crippen LogP contribution is 2.25. The number of pyridine rings is 1. The van der Waals surface area contributed by atoms with E-state index in [4.69, 9.17) is 11.0 Å². The third-order valence-corrected chi connectivity index (χ3v) is 3.22. The fourth-order valence-corrected chi connectivity index (χ4v) is 1.97. The van der Waals surface area contributed by atoms with Crippen molar-refractivity contribution in [1.82, 2.24) is 4.98 Å². The number of nitriles is 1. The molecular formula is C15H24N4. The highest BCUT2D eigenvalue weighted by molar-refractivity contribution is 5.57. The molecule has 1 rings (SSSR count).